The number of amides is 1. The lowest BCUT2D eigenvalue weighted by molar-refractivity contribution is -0.122. The summed E-state index contributed by atoms with van der Waals surface area (Å²) in [6.07, 6.45) is 0.484. The molecule has 0 aliphatic heterocycles. The Balaban J connectivity index is 1.74. The number of hydrogen-bond acceptors (Lipinski definition) is 6. The molecule has 1 heterocycles. The highest BCUT2D eigenvalue weighted by Gasteiger charge is 2.14. The van der Waals surface area contributed by atoms with Gasteiger partial charge in [0.1, 0.15) is 6.54 Å². The highest BCUT2D eigenvalue weighted by atomic mass is 16.5. The molecular weight excluding hydrogens is 362 g/mol. The van der Waals surface area contributed by atoms with Crippen molar-refractivity contribution in [2.24, 2.45) is 0 Å². The number of methoxy groups -OCH3 is 2. The van der Waals surface area contributed by atoms with E-state index in [1.807, 2.05) is 18.2 Å². The summed E-state index contributed by atoms with van der Waals surface area (Å²) >= 11 is 0. The molecule has 3 rings (SSSR count). The molecule has 2 N–H and O–H groups in total. The Hall–Kier alpha value is -3.39. The van der Waals surface area contributed by atoms with E-state index in [0.717, 1.165) is 0 Å². The van der Waals surface area contributed by atoms with Gasteiger partial charge in [-0.1, -0.05) is 30.3 Å². The third kappa shape index (κ3) is 4.12. The van der Waals surface area contributed by atoms with Crippen LogP contribution in [0.3, 0.4) is 0 Å². The number of aliphatic hydroxyl groups is 1. The van der Waals surface area contributed by atoms with Crippen molar-refractivity contribution in [2.45, 2.75) is 12.6 Å². The average Bonchev–Trinajstić information content (AvgIpc) is 2.73. The number of rotatable bonds is 7. The van der Waals surface area contributed by atoms with Crippen LogP contribution in [-0.2, 0) is 11.3 Å². The number of fused-ring (bicyclic) bond motifs is 1. The van der Waals surface area contributed by atoms with Gasteiger partial charge in [0.2, 0.25) is 5.91 Å². The van der Waals surface area contributed by atoms with Crippen molar-refractivity contribution in [3.05, 3.63) is 64.7 Å². The molecule has 8 heteroatoms. The van der Waals surface area contributed by atoms with Gasteiger partial charge in [0, 0.05) is 12.6 Å². The van der Waals surface area contributed by atoms with E-state index in [4.69, 9.17) is 9.47 Å². The number of nitrogens with zero attached hydrogens (tertiary/aromatic N) is 2. The largest absolute Gasteiger partial charge is 0.493 e. The van der Waals surface area contributed by atoms with Crippen LogP contribution in [0, 0.1) is 0 Å². The second-order valence-corrected chi connectivity index (χ2v) is 6.13. The Bertz CT molecular complexity index is 1030. The predicted octanol–water partition coefficient (Wildman–Crippen LogP) is 1.26. The van der Waals surface area contributed by atoms with Gasteiger partial charge in [0.25, 0.3) is 5.56 Å². The molecule has 1 atom stereocenters. The van der Waals surface area contributed by atoms with Gasteiger partial charge in [-0.05, 0) is 11.6 Å². The van der Waals surface area contributed by atoms with Gasteiger partial charge in [-0.2, -0.15) is 0 Å². The first-order chi connectivity index (χ1) is 13.5. The van der Waals surface area contributed by atoms with E-state index in [-0.39, 0.29) is 18.6 Å². The molecule has 146 valence electrons. The van der Waals surface area contributed by atoms with Crippen molar-refractivity contribution in [3.8, 4) is 11.5 Å². The second-order valence-electron chi connectivity index (χ2n) is 6.13. The summed E-state index contributed by atoms with van der Waals surface area (Å²) in [6.45, 7) is -0.165. The van der Waals surface area contributed by atoms with Gasteiger partial charge in [-0.15, -0.1) is 0 Å². The normalized spacial score (nSPS) is 11.8. The number of carbonyl (C=O) groups is 1. The molecular formula is C20H21N3O5. The molecule has 0 radical (unpaired) electrons. The van der Waals surface area contributed by atoms with E-state index in [1.165, 1.54) is 31.2 Å². The summed E-state index contributed by atoms with van der Waals surface area (Å²) in [4.78, 5) is 29.1. The first kappa shape index (κ1) is 19.4. The first-order valence-corrected chi connectivity index (χ1v) is 8.64. The number of nitrogens with one attached hydrogen (secondary N) is 1. The maximum absolute atomic E-state index is 12.7. The fourth-order valence-electron chi connectivity index (χ4n) is 2.81. The van der Waals surface area contributed by atoms with Gasteiger partial charge in [0.05, 0.1) is 37.6 Å². The van der Waals surface area contributed by atoms with Crippen LogP contribution in [0.1, 0.15) is 11.7 Å². The molecule has 28 heavy (non-hydrogen) atoms. The molecule has 3 aromatic rings. The lowest BCUT2D eigenvalue weighted by Gasteiger charge is -2.13. The van der Waals surface area contributed by atoms with E-state index in [2.05, 4.69) is 10.3 Å². The van der Waals surface area contributed by atoms with Crippen molar-refractivity contribution >= 4 is 16.8 Å². The number of benzene rings is 2. The zero-order chi connectivity index (χ0) is 20.1. The van der Waals surface area contributed by atoms with Crippen LogP contribution in [0.4, 0.5) is 0 Å². The van der Waals surface area contributed by atoms with E-state index >= 15 is 0 Å². The summed E-state index contributed by atoms with van der Waals surface area (Å²) in [7, 11) is 2.98. The molecule has 0 aliphatic rings. The molecule has 8 nitrogen and oxygen atoms in total. The molecule has 0 spiro atoms. The van der Waals surface area contributed by atoms with Crippen LogP contribution in [0.15, 0.2) is 53.6 Å². The van der Waals surface area contributed by atoms with Crippen LogP contribution in [0.25, 0.3) is 10.9 Å². The van der Waals surface area contributed by atoms with Crippen molar-refractivity contribution < 1.29 is 19.4 Å². The van der Waals surface area contributed by atoms with E-state index in [9.17, 15) is 14.7 Å². The highest BCUT2D eigenvalue weighted by Crippen LogP contribution is 2.29. The van der Waals surface area contributed by atoms with E-state index < -0.39 is 12.0 Å². The summed E-state index contributed by atoms with van der Waals surface area (Å²) in [5.41, 5.74) is 0.775. The molecule has 0 saturated carbocycles. The third-order valence-corrected chi connectivity index (χ3v) is 4.32. The average molecular weight is 383 g/mol. The highest BCUT2D eigenvalue weighted by molar-refractivity contribution is 5.82. The SMILES string of the molecule is COc1cc2ncn(CC(=O)NCC(O)c3ccccc3)c(=O)c2cc1OC. The molecule has 0 fully saturated rings. The van der Waals surface area contributed by atoms with Gasteiger partial charge in [0.15, 0.2) is 11.5 Å². The van der Waals surface area contributed by atoms with E-state index in [1.54, 1.807) is 18.2 Å². The Morgan fingerprint density at radius 3 is 2.54 bits per heavy atom. The number of carbonyl (C=O) groups excluding carboxylic acids is 1. The maximum Gasteiger partial charge on any atom is 0.261 e. The first-order valence-electron chi connectivity index (χ1n) is 8.64. The fraction of sp³-hybridized carbons (Fsp3) is 0.250. The van der Waals surface area contributed by atoms with Crippen molar-refractivity contribution in [1.82, 2.24) is 14.9 Å². The Morgan fingerprint density at radius 1 is 1.18 bits per heavy atom. The monoisotopic (exact) mass is 383 g/mol. The Kier molecular flexibility index (Phi) is 5.90. The van der Waals surface area contributed by atoms with Crippen LogP contribution >= 0.6 is 0 Å². The summed E-state index contributed by atoms with van der Waals surface area (Å²) in [5, 5.41) is 13.1. The van der Waals surface area contributed by atoms with Gasteiger partial charge in [-0.3, -0.25) is 14.2 Å². The van der Waals surface area contributed by atoms with Gasteiger partial charge < -0.3 is 19.9 Å². The number of hydrogen-bond donors (Lipinski definition) is 2. The van der Waals surface area contributed by atoms with Crippen LogP contribution < -0.4 is 20.3 Å². The van der Waals surface area contributed by atoms with E-state index in [0.29, 0.717) is 28.0 Å². The number of aromatic nitrogens is 2. The van der Waals surface area contributed by atoms with Crippen LogP contribution in [0.2, 0.25) is 0 Å². The molecule has 1 amide bonds. The predicted molar refractivity (Wildman–Crippen MR) is 104 cm³/mol. The summed E-state index contributed by atoms with van der Waals surface area (Å²) < 4.78 is 11.6. The van der Waals surface area contributed by atoms with Crippen molar-refractivity contribution in [3.63, 3.8) is 0 Å². The third-order valence-electron chi connectivity index (χ3n) is 4.32. The number of aliphatic hydroxyl groups excluding tert-OH is 1. The molecule has 1 aromatic heterocycles. The lowest BCUT2D eigenvalue weighted by Crippen LogP contribution is -2.34. The minimum absolute atomic E-state index is 0.0453. The molecule has 0 saturated heterocycles. The quantitative estimate of drug-likeness (QED) is 0.637. The minimum Gasteiger partial charge on any atom is -0.493 e. The van der Waals surface area contributed by atoms with Crippen molar-refractivity contribution in [2.75, 3.05) is 20.8 Å². The summed E-state index contributed by atoms with van der Waals surface area (Å²) in [6, 6.07) is 12.2. The van der Waals surface area contributed by atoms with Gasteiger partial charge in [-0.25, -0.2) is 4.98 Å². The number of ether oxygens (including phenoxy) is 2. The van der Waals surface area contributed by atoms with Crippen LogP contribution in [-0.4, -0.2) is 41.3 Å². The zero-order valence-corrected chi connectivity index (χ0v) is 15.6. The summed E-state index contributed by atoms with van der Waals surface area (Å²) in [5.74, 6) is 0.466. The van der Waals surface area contributed by atoms with Crippen molar-refractivity contribution in [1.29, 1.82) is 0 Å². The fourth-order valence-corrected chi connectivity index (χ4v) is 2.81. The minimum atomic E-state index is -0.826. The molecule has 2 aromatic carbocycles. The zero-order valence-electron chi connectivity index (χ0n) is 15.6. The molecule has 0 bridgehead atoms. The molecule has 0 aliphatic carbocycles. The van der Waals surface area contributed by atoms with Gasteiger partial charge >= 0.3 is 0 Å². The Morgan fingerprint density at radius 2 is 1.86 bits per heavy atom. The van der Waals surface area contributed by atoms with Crippen LogP contribution in [0.5, 0.6) is 11.5 Å². The smallest absolute Gasteiger partial charge is 0.261 e. The second kappa shape index (κ2) is 8.53. The standard InChI is InChI=1S/C20H21N3O5/c1-27-17-8-14-15(9-18(17)28-2)22-12-23(20(14)26)11-19(25)21-10-16(24)13-6-4-3-5-7-13/h3-9,12,16,24H,10-11H2,1-2H3,(H,21,25). The maximum atomic E-state index is 12.7. The molecule has 1 unspecified atom stereocenters. The topological polar surface area (TPSA) is 103 Å². The lowest BCUT2D eigenvalue weighted by atomic mass is 10.1. The Labute approximate surface area is 161 Å².